The maximum absolute atomic E-state index is 12.2. The third-order valence-electron chi connectivity index (χ3n) is 4.14. The molecule has 2 N–H and O–H groups in total. The van der Waals surface area contributed by atoms with Crippen molar-refractivity contribution in [1.82, 2.24) is 0 Å². The van der Waals surface area contributed by atoms with E-state index in [4.69, 9.17) is 19.0 Å². The third kappa shape index (κ3) is 5.89. The van der Waals surface area contributed by atoms with Gasteiger partial charge in [0.15, 0.2) is 5.75 Å². The fourth-order valence-electron chi connectivity index (χ4n) is 2.64. The molecule has 6 nitrogen and oxygen atoms in total. The minimum atomic E-state index is -0.742. The first-order chi connectivity index (χ1) is 13.4. The molecule has 0 amide bonds. The molecule has 152 valence electrons. The predicted octanol–water partition coefficient (Wildman–Crippen LogP) is 4.33. The molecule has 1 aromatic heterocycles. The van der Waals surface area contributed by atoms with Gasteiger partial charge in [-0.15, -0.1) is 0 Å². The molecule has 0 saturated heterocycles. The van der Waals surface area contributed by atoms with Gasteiger partial charge in [-0.1, -0.05) is 23.3 Å². The highest BCUT2D eigenvalue weighted by Gasteiger charge is 2.18. The predicted molar refractivity (Wildman–Crippen MR) is 109 cm³/mol. The lowest BCUT2D eigenvalue weighted by Gasteiger charge is -2.11. The topological polar surface area (TPSA) is 89.1 Å². The van der Waals surface area contributed by atoms with E-state index in [0.29, 0.717) is 12.2 Å². The van der Waals surface area contributed by atoms with Crippen LogP contribution in [0.4, 0.5) is 0 Å². The van der Waals surface area contributed by atoms with Gasteiger partial charge < -0.3 is 24.1 Å². The first-order valence-corrected chi connectivity index (χ1v) is 9.38. The zero-order valence-electron chi connectivity index (χ0n) is 16.7. The van der Waals surface area contributed by atoms with Crippen molar-refractivity contribution in [2.24, 2.45) is 0 Å². The van der Waals surface area contributed by atoms with Gasteiger partial charge in [0.05, 0.1) is 6.61 Å². The van der Waals surface area contributed by atoms with Crippen LogP contribution in [0.2, 0.25) is 0 Å². The monoisotopic (exact) mass is 388 g/mol. The second-order valence-corrected chi connectivity index (χ2v) is 6.80. The van der Waals surface area contributed by atoms with Gasteiger partial charge in [-0.25, -0.2) is 4.79 Å². The molecular weight excluding hydrogens is 360 g/mol. The largest absolute Gasteiger partial charge is 0.503 e. The van der Waals surface area contributed by atoms with Crippen LogP contribution >= 0.6 is 0 Å². The summed E-state index contributed by atoms with van der Waals surface area (Å²) >= 11 is 0. The number of aliphatic hydroxyl groups excluding tert-OH is 1. The Morgan fingerprint density at radius 2 is 1.96 bits per heavy atom. The highest BCUT2D eigenvalue weighted by atomic mass is 16.5. The first-order valence-electron chi connectivity index (χ1n) is 9.38. The molecule has 0 aliphatic rings. The van der Waals surface area contributed by atoms with Crippen molar-refractivity contribution in [3.63, 3.8) is 0 Å². The average Bonchev–Trinajstić information content (AvgIpc) is 2.64. The molecule has 0 aliphatic heterocycles. The number of aliphatic hydroxyl groups is 1. The smallest absolute Gasteiger partial charge is 0.383 e. The Morgan fingerprint density at radius 3 is 2.68 bits per heavy atom. The SMILES string of the molecule is CC(C)=CCCC(C)=CCOc1c(O)c2c(OCCCO)cccc2oc1=O. The molecule has 0 spiro atoms. The number of rotatable bonds is 10. The van der Waals surface area contributed by atoms with Crippen molar-refractivity contribution in [1.29, 1.82) is 0 Å². The van der Waals surface area contributed by atoms with Crippen molar-refractivity contribution >= 4 is 11.0 Å². The second-order valence-electron chi connectivity index (χ2n) is 6.80. The number of fused-ring (bicyclic) bond motifs is 1. The van der Waals surface area contributed by atoms with Crippen molar-refractivity contribution in [3.05, 3.63) is 51.9 Å². The molecule has 0 bridgehead atoms. The van der Waals surface area contributed by atoms with Gasteiger partial charge in [-0.05, 0) is 51.8 Å². The van der Waals surface area contributed by atoms with Crippen LogP contribution in [-0.4, -0.2) is 30.0 Å². The fourth-order valence-corrected chi connectivity index (χ4v) is 2.64. The Morgan fingerprint density at radius 1 is 1.18 bits per heavy atom. The molecule has 0 fully saturated rings. The van der Waals surface area contributed by atoms with Gasteiger partial charge in [-0.3, -0.25) is 0 Å². The van der Waals surface area contributed by atoms with E-state index in [2.05, 4.69) is 19.9 Å². The lowest BCUT2D eigenvalue weighted by atomic mass is 10.1. The van der Waals surface area contributed by atoms with E-state index in [1.54, 1.807) is 18.2 Å². The Labute approximate surface area is 164 Å². The molecule has 0 atom stereocenters. The summed E-state index contributed by atoms with van der Waals surface area (Å²) in [5.74, 6) is -0.175. The van der Waals surface area contributed by atoms with E-state index >= 15 is 0 Å². The van der Waals surface area contributed by atoms with Crippen molar-refractivity contribution in [2.75, 3.05) is 19.8 Å². The maximum atomic E-state index is 12.2. The number of hydrogen-bond donors (Lipinski definition) is 2. The van der Waals surface area contributed by atoms with Crippen LogP contribution in [0.25, 0.3) is 11.0 Å². The van der Waals surface area contributed by atoms with E-state index in [0.717, 1.165) is 18.4 Å². The zero-order valence-corrected chi connectivity index (χ0v) is 16.7. The standard InChI is InChI=1S/C22H28O6/c1-15(2)7-4-8-16(3)11-14-27-21-20(24)19-17(26-13-6-12-23)9-5-10-18(19)28-22(21)25/h5,7,9-11,23-24H,4,6,8,12-14H2,1-3H3. The molecule has 0 aliphatic carbocycles. The van der Waals surface area contributed by atoms with Crippen LogP contribution in [0.5, 0.6) is 17.2 Å². The molecular formula is C22H28O6. The van der Waals surface area contributed by atoms with Gasteiger partial charge in [0.2, 0.25) is 5.75 Å². The summed E-state index contributed by atoms with van der Waals surface area (Å²) in [7, 11) is 0. The number of allylic oxidation sites excluding steroid dienone is 3. The molecule has 6 heteroatoms. The molecule has 0 radical (unpaired) electrons. The lowest BCUT2D eigenvalue weighted by Crippen LogP contribution is -2.08. The molecule has 0 saturated carbocycles. The van der Waals surface area contributed by atoms with Crippen molar-refractivity contribution in [3.8, 4) is 17.2 Å². The van der Waals surface area contributed by atoms with Crippen molar-refractivity contribution < 1.29 is 24.1 Å². The van der Waals surface area contributed by atoms with Crippen LogP contribution in [0, 0.1) is 0 Å². The quantitative estimate of drug-likeness (QED) is 0.358. The number of benzene rings is 1. The number of hydrogen-bond acceptors (Lipinski definition) is 6. The molecule has 2 rings (SSSR count). The summed E-state index contributed by atoms with van der Waals surface area (Å²) in [6.07, 6.45) is 6.35. The highest BCUT2D eigenvalue weighted by molar-refractivity contribution is 5.91. The normalized spacial score (nSPS) is 11.5. The first kappa shape index (κ1) is 21.6. The Kier molecular flexibility index (Phi) is 8.14. The van der Waals surface area contributed by atoms with Crippen LogP contribution in [0.1, 0.15) is 40.0 Å². The summed E-state index contributed by atoms with van der Waals surface area (Å²) in [4.78, 5) is 12.2. The van der Waals surface area contributed by atoms with Gasteiger partial charge in [0.1, 0.15) is 23.3 Å². The molecule has 1 heterocycles. The Hall–Kier alpha value is -2.73. The third-order valence-corrected chi connectivity index (χ3v) is 4.14. The molecule has 2 aromatic rings. The minimum Gasteiger partial charge on any atom is -0.503 e. The number of ether oxygens (including phenoxy) is 2. The summed E-state index contributed by atoms with van der Waals surface area (Å²) in [6.45, 7) is 6.55. The average molecular weight is 388 g/mol. The Bertz CT molecular complexity index is 903. The molecule has 1 aromatic carbocycles. The van der Waals surface area contributed by atoms with E-state index in [1.807, 2.05) is 13.0 Å². The summed E-state index contributed by atoms with van der Waals surface area (Å²) in [5.41, 5.74) is 1.88. The maximum Gasteiger partial charge on any atom is 0.383 e. The fraction of sp³-hybridized carbons (Fsp3) is 0.409. The van der Waals surface area contributed by atoms with E-state index in [9.17, 15) is 9.90 Å². The van der Waals surface area contributed by atoms with Crippen LogP contribution in [-0.2, 0) is 0 Å². The lowest BCUT2D eigenvalue weighted by molar-refractivity contribution is 0.234. The second kappa shape index (κ2) is 10.6. The zero-order chi connectivity index (χ0) is 20.5. The van der Waals surface area contributed by atoms with Crippen LogP contribution in [0.15, 0.2) is 50.7 Å². The van der Waals surface area contributed by atoms with E-state index in [1.165, 1.54) is 5.57 Å². The summed E-state index contributed by atoms with van der Waals surface area (Å²) in [5, 5.41) is 19.8. The van der Waals surface area contributed by atoms with E-state index < -0.39 is 5.63 Å². The van der Waals surface area contributed by atoms with Crippen LogP contribution < -0.4 is 15.1 Å². The summed E-state index contributed by atoms with van der Waals surface area (Å²) in [6, 6.07) is 4.90. The van der Waals surface area contributed by atoms with Gasteiger partial charge in [-0.2, -0.15) is 0 Å². The van der Waals surface area contributed by atoms with E-state index in [-0.39, 0.29) is 42.3 Å². The highest BCUT2D eigenvalue weighted by Crippen LogP contribution is 2.37. The van der Waals surface area contributed by atoms with Crippen molar-refractivity contribution in [2.45, 2.75) is 40.0 Å². The Balaban J connectivity index is 2.19. The molecule has 0 unspecified atom stereocenters. The van der Waals surface area contributed by atoms with Gasteiger partial charge in [0, 0.05) is 13.0 Å². The minimum absolute atomic E-state index is 0.000502. The molecule has 28 heavy (non-hydrogen) atoms. The van der Waals surface area contributed by atoms with Gasteiger partial charge >= 0.3 is 5.63 Å². The van der Waals surface area contributed by atoms with Crippen LogP contribution in [0.3, 0.4) is 0 Å². The number of aromatic hydroxyl groups is 1. The van der Waals surface area contributed by atoms with Gasteiger partial charge in [0.25, 0.3) is 0 Å². The summed E-state index contributed by atoms with van der Waals surface area (Å²) < 4.78 is 16.4.